The maximum absolute atomic E-state index is 12.1. The first kappa shape index (κ1) is 31.5. The summed E-state index contributed by atoms with van der Waals surface area (Å²) in [7, 11) is 0. The highest BCUT2D eigenvalue weighted by atomic mass is 16.7. The van der Waals surface area contributed by atoms with Crippen LogP contribution in [0.15, 0.2) is 64.3 Å². The summed E-state index contributed by atoms with van der Waals surface area (Å²) < 4.78 is 20.9. The zero-order valence-electron chi connectivity index (χ0n) is 22.2. The zero-order valence-corrected chi connectivity index (χ0v) is 22.2. The molecule has 1 aliphatic heterocycles. The van der Waals surface area contributed by atoms with Crippen molar-refractivity contribution in [3.8, 4) is 5.75 Å². The van der Waals surface area contributed by atoms with E-state index >= 15 is 0 Å². The van der Waals surface area contributed by atoms with Crippen LogP contribution in [0.1, 0.15) is 71.1 Å². The van der Waals surface area contributed by atoms with Gasteiger partial charge in [0.05, 0.1) is 6.26 Å². The summed E-state index contributed by atoms with van der Waals surface area (Å²) in [5, 5.41) is 30.5. The number of hydrogen-bond acceptors (Lipinski definition) is 9. The maximum Gasteiger partial charge on any atom is 0.305 e. The van der Waals surface area contributed by atoms with E-state index in [0.29, 0.717) is 6.42 Å². The lowest BCUT2D eigenvalue weighted by Gasteiger charge is -2.39. The van der Waals surface area contributed by atoms with Gasteiger partial charge < -0.3 is 33.9 Å². The number of hydrogen-bond donors (Lipinski definition) is 3. The van der Waals surface area contributed by atoms with Gasteiger partial charge >= 0.3 is 5.97 Å². The molecule has 2 rings (SSSR count). The average molecular weight is 535 g/mol. The SMILES string of the molecule is CC/C=C\C/C=C\C/C=C\CCCCCCCC(=O)OC[C@H]1O[C@@H](Oc2coccc2=O)[C@H](O)[C@@H](O)[C@@H]1O. The van der Waals surface area contributed by atoms with E-state index < -0.39 is 42.1 Å². The van der Waals surface area contributed by atoms with E-state index in [0.717, 1.165) is 63.7 Å². The van der Waals surface area contributed by atoms with Crippen molar-refractivity contribution in [1.29, 1.82) is 0 Å². The first-order valence-electron chi connectivity index (χ1n) is 13.5. The van der Waals surface area contributed by atoms with Crippen LogP contribution in [0.5, 0.6) is 5.75 Å². The molecule has 38 heavy (non-hydrogen) atoms. The van der Waals surface area contributed by atoms with E-state index in [4.69, 9.17) is 18.6 Å². The van der Waals surface area contributed by atoms with Gasteiger partial charge in [0, 0.05) is 12.5 Å². The Labute approximate surface area is 224 Å². The molecule has 3 N–H and O–H groups in total. The molecular formula is C29H42O9. The van der Waals surface area contributed by atoms with Crippen molar-refractivity contribution in [1.82, 2.24) is 0 Å². The summed E-state index contributed by atoms with van der Waals surface area (Å²) in [4.78, 5) is 23.9. The van der Waals surface area contributed by atoms with Crippen molar-refractivity contribution >= 4 is 5.97 Å². The minimum absolute atomic E-state index is 0.227. The van der Waals surface area contributed by atoms with Crippen LogP contribution in [-0.2, 0) is 14.3 Å². The predicted octanol–water partition coefficient (Wildman–Crippen LogP) is 3.96. The summed E-state index contributed by atoms with van der Waals surface area (Å²) in [5.41, 5.74) is -0.508. The quantitative estimate of drug-likeness (QED) is 0.154. The second-order valence-corrected chi connectivity index (χ2v) is 9.20. The molecule has 9 heteroatoms. The van der Waals surface area contributed by atoms with Crippen molar-refractivity contribution in [2.75, 3.05) is 6.61 Å². The third-order valence-electron chi connectivity index (χ3n) is 6.07. The maximum atomic E-state index is 12.1. The molecule has 0 spiro atoms. The molecule has 212 valence electrons. The van der Waals surface area contributed by atoms with Crippen molar-refractivity contribution in [3.63, 3.8) is 0 Å². The van der Waals surface area contributed by atoms with Gasteiger partial charge in [-0.1, -0.05) is 62.6 Å². The van der Waals surface area contributed by atoms with Gasteiger partial charge in [-0.2, -0.15) is 0 Å². The number of esters is 1. The Morgan fingerprint density at radius 2 is 1.61 bits per heavy atom. The van der Waals surface area contributed by atoms with Gasteiger partial charge in [-0.3, -0.25) is 9.59 Å². The van der Waals surface area contributed by atoms with E-state index in [1.165, 1.54) is 6.26 Å². The van der Waals surface area contributed by atoms with E-state index in [1.54, 1.807) is 0 Å². The zero-order chi connectivity index (χ0) is 27.6. The Morgan fingerprint density at radius 1 is 0.921 bits per heavy atom. The molecular weight excluding hydrogens is 492 g/mol. The van der Waals surface area contributed by atoms with Crippen LogP contribution in [0, 0.1) is 0 Å². The van der Waals surface area contributed by atoms with Crippen LogP contribution in [-0.4, -0.2) is 58.6 Å². The molecule has 1 aromatic rings. The molecule has 1 aromatic heterocycles. The topological polar surface area (TPSA) is 136 Å². The van der Waals surface area contributed by atoms with E-state index in [2.05, 4.69) is 43.4 Å². The fourth-order valence-electron chi connectivity index (χ4n) is 3.84. The van der Waals surface area contributed by atoms with E-state index in [-0.39, 0.29) is 18.8 Å². The third kappa shape index (κ3) is 11.8. The minimum atomic E-state index is -1.62. The number of allylic oxidation sites excluding steroid dienone is 6. The number of aliphatic hydroxyl groups is 3. The lowest BCUT2D eigenvalue weighted by atomic mass is 9.99. The molecule has 0 radical (unpaired) electrons. The lowest BCUT2D eigenvalue weighted by molar-refractivity contribution is -0.279. The molecule has 5 atom stereocenters. The number of ether oxygens (including phenoxy) is 3. The van der Waals surface area contributed by atoms with E-state index in [9.17, 15) is 24.9 Å². The number of aliphatic hydroxyl groups excluding tert-OH is 3. The number of carbonyl (C=O) groups excluding carboxylic acids is 1. The normalized spacial score (nSPS) is 23.9. The summed E-state index contributed by atoms with van der Waals surface area (Å²) in [6.45, 7) is 1.80. The fraction of sp³-hybridized carbons (Fsp3) is 0.586. The Bertz CT molecular complexity index is 936. The van der Waals surface area contributed by atoms with Gasteiger partial charge in [-0.05, 0) is 38.5 Å². The molecule has 1 aliphatic rings. The smallest absolute Gasteiger partial charge is 0.305 e. The van der Waals surface area contributed by atoms with Crippen molar-refractivity contribution in [3.05, 3.63) is 65.3 Å². The van der Waals surface area contributed by atoms with Crippen LogP contribution >= 0.6 is 0 Å². The Morgan fingerprint density at radius 3 is 2.34 bits per heavy atom. The molecule has 2 heterocycles. The molecule has 1 saturated heterocycles. The van der Waals surface area contributed by atoms with Crippen molar-refractivity contribution < 1.29 is 38.7 Å². The van der Waals surface area contributed by atoms with Gasteiger partial charge in [0.1, 0.15) is 37.3 Å². The van der Waals surface area contributed by atoms with Gasteiger partial charge in [0.2, 0.25) is 17.5 Å². The fourth-order valence-corrected chi connectivity index (χ4v) is 3.84. The number of carbonyl (C=O) groups is 1. The molecule has 9 nitrogen and oxygen atoms in total. The minimum Gasteiger partial charge on any atom is -0.468 e. The average Bonchev–Trinajstić information content (AvgIpc) is 2.91. The Hall–Kier alpha value is -2.72. The summed E-state index contributed by atoms with van der Waals surface area (Å²) in [6.07, 6.45) is 17.1. The highest BCUT2D eigenvalue weighted by Gasteiger charge is 2.45. The molecule has 0 bridgehead atoms. The third-order valence-corrected chi connectivity index (χ3v) is 6.07. The molecule has 0 saturated carbocycles. The number of rotatable bonds is 17. The van der Waals surface area contributed by atoms with Crippen LogP contribution in [0.4, 0.5) is 0 Å². The Kier molecular flexibility index (Phi) is 15.3. The molecule has 0 aromatic carbocycles. The first-order chi connectivity index (χ1) is 18.4. The predicted molar refractivity (Wildman–Crippen MR) is 143 cm³/mol. The standard InChI is InChI=1S/C29H42O9/c1-2-3-4-5-6-7-8-9-10-11-12-13-14-15-16-17-25(31)36-21-24-26(32)27(33)28(34)29(38-24)37-23-20-35-19-18-22(23)30/h3-4,6-7,9-10,18-20,24,26-29,32-34H,2,5,8,11-17,21H2,1H3/b4-3-,7-6-,10-9-/t24-,26-,27+,28-,29-/m1/s1. The van der Waals surface area contributed by atoms with E-state index in [1.807, 2.05) is 0 Å². The van der Waals surface area contributed by atoms with Crippen molar-refractivity contribution in [2.45, 2.75) is 102 Å². The first-order valence-corrected chi connectivity index (χ1v) is 13.5. The second kappa shape index (κ2) is 18.5. The largest absolute Gasteiger partial charge is 0.468 e. The summed E-state index contributed by atoms with van der Waals surface area (Å²) in [5.74, 6) is -0.668. The molecule has 0 unspecified atom stereocenters. The highest BCUT2D eigenvalue weighted by Crippen LogP contribution is 2.23. The van der Waals surface area contributed by atoms with Gasteiger partial charge in [-0.15, -0.1) is 0 Å². The Balaban J connectivity index is 1.57. The summed E-state index contributed by atoms with van der Waals surface area (Å²) in [6, 6.07) is 1.13. The van der Waals surface area contributed by atoms with Gasteiger partial charge in [0.15, 0.2) is 0 Å². The van der Waals surface area contributed by atoms with Crippen molar-refractivity contribution in [2.24, 2.45) is 0 Å². The molecule has 0 amide bonds. The van der Waals surface area contributed by atoms with Gasteiger partial charge in [-0.25, -0.2) is 0 Å². The van der Waals surface area contributed by atoms with Crippen LogP contribution in [0.2, 0.25) is 0 Å². The summed E-state index contributed by atoms with van der Waals surface area (Å²) >= 11 is 0. The van der Waals surface area contributed by atoms with Crippen LogP contribution in [0.25, 0.3) is 0 Å². The molecule has 0 aliphatic carbocycles. The monoisotopic (exact) mass is 534 g/mol. The molecule has 1 fully saturated rings. The van der Waals surface area contributed by atoms with Gasteiger partial charge in [0.25, 0.3) is 0 Å². The lowest BCUT2D eigenvalue weighted by Crippen LogP contribution is -2.60. The van der Waals surface area contributed by atoms with Crippen LogP contribution < -0.4 is 10.2 Å². The number of unbranched alkanes of at least 4 members (excludes halogenated alkanes) is 5. The second-order valence-electron chi connectivity index (χ2n) is 9.20. The highest BCUT2D eigenvalue weighted by molar-refractivity contribution is 5.69. The van der Waals surface area contributed by atoms with Crippen LogP contribution in [0.3, 0.4) is 0 Å².